The minimum Gasteiger partial charge on any atom is -0.497 e. The Morgan fingerprint density at radius 3 is 2.94 bits per heavy atom. The van der Waals surface area contributed by atoms with Crippen molar-refractivity contribution >= 4 is 11.6 Å². The minimum atomic E-state index is 0.624. The SMILES string of the molecule is COc1cccc(Nc2nc(C)cn2C2CC2)c1. The van der Waals surface area contributed by atoms with E-state index in [4.69, 9.17) is 4.74 Å². The average molecular weight is 243 g/mol. The van der Waals surface area contributed by atoms with E-state index in [0.29, 0.717) is 6.04 Å². The summed E-state index contributed by atoms with van der Waals surface area (Å²) in [5, 5.41) is 3.36. The standard InChI is InChI=1S/C14H17N3O/c1-10-9-17(12-6-7-12)14(15-10)16-11-4-3-5-13(8-11)18-2/h3-5,8-9,12H,6-7H2,1-2H3,(H,15,16). The lowest BCUT2D eigenvalue weighted by Gasteiger charge is -2.09. The predicted molar refractivity (Wildman–Crippen MR) is 71.5 cm³/mol. The largest absolute Gasteiger partial charge is 0.497 e. The Morgan fingerprint density at radius 1 is 1.39 bits per heavy atom. The summed E-state index contributed by atoms with van der Waals surface area (Å²) < 4.78 is 7.45. The number of hydrogen-bond acceptors (Lipinski definition) is 3. The van der Waals surface area contributed by atoms with Gasteiger partial charge in [-0.05, 0) is 31.9 Å². The molecule has 18 heavy (non-hydrogen) atoms. The number of rotatable bonds is 4. The third-order valence-electron chi connectivity index (χ3n) is 3.12. The lowest BCUT2D eigenvalue weighted by Crippen LogP contribution is -2.01. The number of imidazole rings is 1. The molecule has 94 valence electrons. The minimum absolute atomic E-state index is 0.624. The van der Waals surface area contributed by atoms with Gasteiger partial charge in [-0.3, -0.25) is 0 Å². The highest BCUT2D eigenvalue weighted by molar-refractivity contribution is 5.56. The molecule has 2 aromatic rings. The summed E-state index contributed by atoms with van der Waals surface area (Å²) in [6.07, 6.45) is 4.62. The molecular formula is C14H17N3O. The highest BCUT2D eigenvalue weighted by atomic mass is 16.5. The molecule has 1 aliphatic rings. The van der Waals surface area contributed by atoms with Gasteiger partial charge in [0.1, 0.15) is 5.75 Å². The first-order chi connectivity index (χ1) is 8.76. The van der Waals surface area contributed by atoms with Crippen LogP contribution in [0.4, 0.5) is 11.6 Å². The van der Waals surface area contributed by atoms with E-state index in [-0.39, 0.29) is 0 Å². The molecule has 0 unspecified atom stereocenters. The number of anilines is 2. The molecule has 1 fully saturated rings. The Morgan fingerprint density at radius 2 is 2.22 bits per heavy atom. The maximum Gasteiger partial charge on any atom is 0.207 e. The van der Waals surface area contributed by atoms with E-state index in [1.54, 1.807) is 7.11 Å². The van der Waals surface area contributed by atoms with Crippen molar-refractivity contribution in [3.8, 4) is 5.75 Å². The van der Waals surface area contributed by atoms with Crippen LogP contribution >= 0.6 is 0 Å². The lowest BCUT2D eigenvalue weighted by molar-refractivity contribution is 0.415. The van der Waals surface area contributed by atoms with Gasteiger partial charge in [-0.2, -0.15) is 0 Å². The van der Waals surface area contributed by atoms with Gasteiger partial charge in [-0.25, -0.2) is 4.98 Å². The summed E-state index contributed by atoms with van der Waals surface area (Å²) in [4.78, 5) is 4.53. The van der Waals surface area contributed by atoms with Crippen LogP contribution in [0.5, 0.6) is 5.75 Å². The maximum absolute atomic E-state index is 5.22. The van der Waals surface area contributed by atoms with Gasteiger partial charge >= 0.3 is 0 Å². The number of hydrogen-bond donors (Lipinski definition) is 1. The highest BCUT2D eigenvalue weighted by Crippen LogP contribution is 2.38. The molecule has 4 nitrogen and oxygen atoms in total. The van der Waals surface area contributed by atoms with Crippen molar-refractivity contribution < 1.29 is 4.74 Å². The van der Waals surface area contributed by atoms with E-state index >= 15 is 0 Å². The van der Waals surface area contributed by atoms with E-state index in [0.717, 1.165) is 23.1 Å². The van der Waals surface area contributed by atoms with E-state index in [1.165, 1.54) is 12.8 Å². The number of aromatic nitrogens is 2. The van der Waals surface area contributed by atoms with E-state index in [1.807, 2.05) is 31.2 Å². The molecule has 1 heterocycles. The van der Waals surface area contributed by atoms with Crippen LogP contribution < -0.4 is 10.1 Å². The van der Waals surface area contributed by atoms with Crippen LogP contribution in [0.15, 0.2) is 30.5 Å². The third-order valence-corrected chi connectivity index (χ3v) is 3.12. The molecule has 1 aliphatic carbocycles. The first kappa shape index (κ1) is 11.1. The zero-order chi connectivity index (χ0) is 12.5. The van der Waals surface area contributed by atoms with Gasteiger partial charge in [-0.1, -0.05) is 6.07 Å². The molecule has 0 radical (unpaired) electrons. The molecule has 0 spiro atoms. The van der Waals surface area contributed by atoms with Crippen LogP contribution in [-0.4, -0.2) is 16.7 Å². The van der Waals surface area contributed by atoms with Crippen LogP contribution in [0.25, 0.3) is 0 Å². The van der Waals surface area contributed by atoms with Gasteiger partial charge in [0, 0.05) is 24.0 Å². The fourth-order valence-electron chi connectivity index (χ4n) is 2.07. The van der Waals surface area contributed by atoms with E-state index in [9.17, 15) is 0 Å². The Labute approximate surface area is 107 Å². The molecule has 0 amide bonds. The molecular weight excluding hydrogens is 226 g/mol. The summed E-state index contributed by atoms with van der Waals surface area (Å²) in [5.41, 5.74) is 2.05. The molecule has 0 atom stereocenters. The van der Waals surface area contributed by atoms with E-state index in [2.05, 4.69) is 21.1 Å². The summed E-state index contributed by atoms with van der Waals surface area (Å²) in [5.74, 6) is 1.77. The van der Waals surface area contributed by atoms with Crippen molar-refractivity contribution in [3.63, 3.8) is 0 Å². The monoisotopic (exact) mass is 243 g/mol. The molecule has 1 aromatic heterocycles. The number of aryl methyl sites for hydroxylation is 1. The molecule has 1 aromatic carbocycles. The Bertz CT molecular complexity index is 558. The van der Waals surface area contributed by atoms with Crippen molar-refractivity contribution in [1.82, 2.24) is 9.55 Å². The lowest BCUT2D eigenvalue weighted by atomic mass is 10.3. The van der Waals surface area contributed by atoms with Gasteiger partial charge in [0.15, 0.2) is 0 Å². The Hall–Kier alpha value is -1.97. The van der Waals surface area contributed by atoms with Gasteiger partial charge in [0.05, 0.1) is 12.8 Å². The molecule has 1 N–H and O–H groups in total. The van der Waals surface area contributed by atoms with Crippen molar-refractivity contribution in [3.05, 3.63) is 36.2 Å². The second-order valence-electron chi connectivity index (χ2n) is 4.70. The first-order valence-electron chi connectivity index (χ1n) is 6.23. The zero-order valence-corrected chi connectivity index (χ0v) is 10.7. The third kappa shape index (κ3) is 2.18. The second kappa shape index (κ2) is 4.37. The normalized spacial score (nSPS) is 14.6. The number of benzene rings is 1. The van der Waals surface area contributed by atoms with Gasteiger partial charge < -0.3 is 14.6 Å². The van der Waals surface area contributed by atoms with E-state index < -0.39 is 0 Å². The summed E-state index contributed by atoms with van der Waals surface area (Å²) in [6, 6.07) is 8.52. The highest BCUT2D eigenvalue weighted by Gasteiger charge is 2.26. The average Bonchev–Trinajstić information content (AvgIpc) is 3.15. The van der Waals surface area contributed by atoms with Crippen molar-refractivity contribution in [2.24, 2.45) is 0 Å². The fraction of sp³-hybridized carbons (Fsp3) is 0.357. The first-order valence-corrected chi connectivity index (χ1v) is 6.23. The van der Waals surface area contributed by atoms with Crippen LogP contribution in [0.1, 0.15) is 24.6 Å². The second-order valence-corrected chi connectivity index (χ2v) is 4.70. The Balaban J connectivity index is 1.86. The summed E-state index contributed by atoms with van der Waals surface area (Å²) in [7, 11) is 1.68. The van der Waals surface area contributed by atoms with Gasteiger partial charge in [-0.15, -0.1) is 0 Å². The number of ether oxygens (including phenoxy) is 1. The topological polar surface area (TPSA) is 39.1 Å². The fourth-order valence-corrected chi connectivity index (χ4v) is 2.07. The molecule has 0 saturated heterocycles. The van der Waals surface area contributed by atoms with Crippen LogP contribution in [0.2, 0.25) is 0 Å². The molecule has 3 rings (SSSR count). The van der Waals surface area contributed by atoms with Gasteiger partial charge in [0.25, 0.3) is 0 Å². The predicted octanol–water partition coefficient (Wildman–Crippen LogP) is 3.28. The summed E-state index contributed by atoms with van der Waals surface area (Å²) in [6.45, 7) is 2.02. The molecule has 0 aliphatic heterocycles. The number of methoxy groups -OCH3 is 1. The van der Waals surface area contributed by atoms with Crippen molar-refractivity contribution in [2.75, 3.05) is 12.4 Å². The molecule has 1 saturated carbocycles. The van der Waals surface area contributed by atoms with Crippen molar-refractivity contribution in [2.45, 2.75) is 25.8 Å². The zero-order valence-electron chi connectivity index (χ0n) is 10.7. The quantitative estimate of drug-likeness (QED) is 0.895. The van der Waals surface area contributed by atoms with Gasteiger partial charge in [0.2, 0.25) is 5.95 Å². The number of nitrogens with one attached hydrogen (secondary N) is 1. The Kier molecular flexibility index (Phi) is 2.70. The number of nitrogens with zero attached hydrogens (tertiary/aromatic N) is 2. The maximum atomic E-state index is 5.22. The van der Waals surface area contributed by atoms with Crippen LogP contribution in [0, 0.1) is 6.92 Å². The molecule has 0 bridgehead atoms. The summed E-state index contributed by atoms with van der Waals surface area (Å²) >= 11 is 0. The van der Waals surface area contributed by atoms with Crippen molar-refractivity contribution in [1.29, 1.82) is 0 Å². The molecule has 4 heteroatoms. The van der Waals surface area contributed by atoms with Crippen LogP contribution in [0.3, 0.4) is 0 Å². The van der Waals surface area contributed by atoms with Crippen LogP contribution in [-0.2, 0) is 0 Å². The smallest absolute Gasteiger partial charge is 0.207 e.